The van der Waals surface area contributed by atoms with Gasteiger partial charge >= 0.3 is 0 Å². The van der Waals surface area contributed by atoms with E-state index in [4.69, 9.17) is 0 Å². The Labute approximate surface area is 143 Å². The predicted octanol–water partition coefficient (Wildman–Crippen LogP) is 4.28. The highest BCUT2D eigenvalue weighted by Crippen LogP contribution is 2.27. The number of benzene rings is 2. The molecule has 116 valence electrons. The fraction of sp³-hybridized carbons (Fsp3) is 0.158. The number of nitrogens with one attached hydrogen (secondary N) is 1. The topological polar surface area (TPSA) is 42.0 Å². The van der Waals surface area contributed by atoms with Crippen LogP contribution >= 0.6 is 15.9 Å². The van der Waals surface area contributed by atoms with Crippen LogP contribution in [-0.2, 0) is 6.42 Å². The number of aryl methyl sites for hydroxylation is 1. The number of fused-ring (bicyclic) bond motifs is 1. The summed E-state index contributed by atoms with van der Waals surface area (Å²) in [6, 6.07) is 16.1. The van der Waals surface area contributed by atoms with Crippen molar-refractivity contribution in [3.8, 4) is 0 Å². The standard InChI is InChI=1S/C19H17BrN2O/c1-13-11-16-15(17(20)12-13)8-10-21-18(16)19(23)22-9-7-14-5-3-2-4-6-14/h2-6,8,10-12H,7,9H2,1H3,(H,22,23). The Bertz CT molecular complexity index is 847. The molecule has 0 aliphatic carbocycles. The second-order valence-electron chi connectivity index (χ2n) is 5.49. The van der Waals surface area contributed by atoms with Gasteiger partial charge in [-0.3, -0.25) is 9.78 Å². The molecule has 0 unspecified atom stereocenters. The molecule has 0 saturated carbocycles. The average Bonchev–Trinajstić information content (AvgIpc) is 2.55. The Hall–Kier alpha value is -2.20. The Kier molecular flexibility index (Phi) is 4.72. The van der Waals surface area contributed by atoms with Crippen molar-refractivity contribution in [1.29, 1.82) is 0 Å². The maximum Gasteiger partial charge on any atom is 0.270 e. The SMILES string of the molecule is Cc1cc(Br)c2ccnc(C(=O)NCCc3ccccc3)c2c1. The maximum absolute atomic E-state index is 12.5. The minimum Gasteiger partial charge on any atom is -0.350 e. The first-order valence-electron chi connectivity index (χ1n) is 7.52. The molecular formula is C19H17BrN2O. The Morgan fingerprint density at radius 3 is 2.70 bits per heavy atom. The van der Waals surface area contributed by atoms with Crippen LogP contribution in [-0.4, -0.2) is 17.4 Å². The number of halogens is 1. The summed E-state index contributed by atoms with van der Waals surface area (Å²) in [5, 5.41) is 4.83. The zero-order valence-electron chi connectivity index (χ0n) is 12.8. The number of aromatic nitrogens is 1. The summed E-state index contributed by atoms with van der Waals surface area (Å²) in [7, 11) is 0. The van der Waals surface area contributed by atoms with Crippen molar-refractivity contribution in [2.24, 2.45) is 0 Å². The first kappa shape index (κ1) is 15.7. The largest absolute Gasteiger partial charge is 0.350 e. The molecule has 0 radical (unpaired) electrons. The fourth-order valence-electron chi connectivity index (χ4n) is 2.60. The van der Waals surface area contributed by atoms with Crippen LogP contribution in [0.25, 0.3) is 10.8 Å². The summed E-state index contributed by atoms with van der Waals surface area (Å²) in [6.45, 7) is 2.60. The van der Waals surface area contributed by atoms with Crippen LogP contribution in [0.3, 0.4) is 0 Å². The third-order valence-corrected chi connectivity index (χ3v) is 4.39. The summed E-state index contributed by atoms with van der Waals surface area (Å²) in [5.41, 5.74) is 2.77. The highest BCUT2D eigenvalue weighted by molar-refractivity contribution is 9.10. The van der Waals surface area contributed by atoms with Crippen molar-refractivity contribution >= 4 is 32.6 Å². The first-order valence-corrected chi connectivity index (χ1v) is 8.31. The Balaban J connectivity index is 1.78. The van der Waals surface area contributed by atoms with Gasteiger partial charge in [-0.1, -0.05) is 46.3 Å². The van der Waals surface area contributed by atoms with Crippen LogP contribution in [0.1, 0.15) is 21.6 Å². The number of carbonyl (C=O) groups excluding carboxylic acids is 1. The molecule has 1 aromatic heterocycles. The Morgan fingerprint density at radius 2 is 1.91 bits per heavy atom. The van der Waals surface area contributed by atoms with Crippen LogP contribution in [0, 0.1) is 6.92 Å². The van der Waals surface area contributed by atoms with Gasteiger partial charge < -0.3 is 5.32 Å². The van der Waals surface area contributed by atoms with Crippen molar-refractivity contribution in [2.45, 2.75) is 13.3 Å². The Morgan fingerprint density at radius 1 is 1.13 bits per heavy atom. The summed E-state index contributed by atoms with van der Waals surface area (Å²) >= 11 is 3.55. The van der Waals surface area contributed by atoms with E-state index in [1.54, 1.807) is 6.20 Å². The van der Waals surface area contributed by atoms with Crippen LogP contribution in [0.15, 0.2) is 59.2 Å². The fourth-order valence-corrected chi connectivity index (χ4v) is 3.31. The van der Waals surface area contributed by atoms with Crippen molar-refractivity contribution < 1.29 is 4.79 Å². The van der Waals surface area contributed by atoms with Crippen molar-refractivity contribution in [1.82, 2.24) is 10.3 Å². The number of hydrogen-bond acceptors (Lipinski definition) is 2. The summed E-state index contributed by atoms with van der Waals surface area (Å²) in [4.78, 5) is 16.8. The quantitative estimate of drug-likeness (QED) is 0.746. The van der Waals surface area contributed by atoms with Gasteiger partial charge in [0.1, 0.15) is 5.69 Å². The number of rotatable bonds is 4. The molecule has 0 fully saturated rings. The van der Waals surface area contributed by atoms with Gasteiger partial charge in [0.15, 0.2) is 0 Å². The smallest absolute Gasteiger partial charge is 0.270 e. The molecule has 1 amide bonds. The number of carbonyl (C=O) groups is 1. The zero-order chi connectivity index (χ0) is 16.2. The molecule has 0 aliphatic heterocycles. The third kappa shape index (κ3) is 3.59. The van der Waals surface area contributed by atoms with Gasteiger partial charge in [0, 0.05) is 22.6 Å². The molecule has 3 aromatic rings. The van der Waals surface area contributed by atoms with E-state index < -0.39 is 0 Å². The molecular weight excluding hydrogens is 352 g/mol. The van der Waals surface area contributed by atoms with E-state index in [2.05, 4.69) is 38.4 Å². The minimum atomic E-state index is -0.135. The number of amides is 1. The molecule has 2 aromatic carbocycles. The van der Waals surface area contributed by atoms with E-state index in [0.717, 1.165) is 27.2 Å². The molecule has 3 nitrogen and oxygen atoms in total. The molecule has 0 spiro atoms. The van der Waals surface area contributed by atoms with E-state index in [-0.39, 0.29) is 5.91 Å². The lowest BCUT2D eigenvalue weighted by atomic mass is 10.1. The summed E-state index contributed by atoms with van der Waals surface area (Å²) in [6.07, 6.45) is 2.48. The minimum absolute atomic E-state index is 0.135. The van der Waals surface area contributed by atoms with Crippen molar-refractivity contribution in [3.05, 3.63) is 76.0 Å². The second kappa shape index (κ2) is 6.92. The van der Waals surface area contributed by atoms with Crippen LogP contribution in [0.2, 0.25) is 0 Å². The first-order chi connectivity index (χ1) is 11.1. The molecule has 4 heteroatoms. The van der Waals surface area contributed by atoms with Gasteiger partial charge in [-0.05, 0) is 48.1 Å². The second-order valence-corrected chi connectivity index (χ2v) is 6.35. The highest BCUT2D eigenvalue weighted by atomic mass is 79.9. The lowest BCUT2D eigenvalue weighted by molar-refractivity contribution is 0.0951. The van der Waals surface area contributed by atoms with E-state index >= 15 is 0 Å². The van der Waals surface area contributed by atoms with Crippen LogP contribution in [0.5, 0.6) is 0 Å². The van der Waals surface area contributed by atoms with Crippen molar-refractivity contribution in [3.63, 3.8) is 0 Å². The molecule has 0 bridgehead atoms. The molecule has 1 N–H and O–H groups in total. The third-order valence-electron chi connectivity index (χ3n) is 3.73. The summed E-state index contributed by atoms with van der Waals surface area (Å²) in [5.74, 6) is -0.135. The van der Waals surface area contributed by atoms with E-state index in [1.165, 1.54) is 5.56 Å². The lowest BCUT2D eigenvalue weighted by Gasteiger charge is -2.09. The van der Waals surface area contributed by atoms with E-state index in [1.807, 2.05) is 43.3 Å². The maximum atomic E-state index is 12.5. The highest BCUT2D eigenvalue weighted by Gasteiger charge is 2.13. The molecule has 0 aliphatic rings. The molecule has 23 heavy (non-hydrogen) atoms. The molecule has 3 rings (SSSR count). The summed E-state index contributed by atoms with van der Waals surface area (Å²) < 4.78 is 0.980. The van der Waals surface area contributed by atoms with Gasteiger partial charge in [-0.25, -0.2) is 0 Å². The normalized spacial score (nSPS) is 10.7. The van der Waals surface area contributed by atoms with Crippen molar-refractivity contribution in [2.75, 3.05) is 6.54 Å². The van der Waals surface area contributed by atoms with E-state index in [9.17, 15) is 4.79 Å². The van der Waals surface area contributed by atoms with Gasteiger partial charge in [-0.15, -0.1) is 0 Å². The zero-order valence-corrected chi connectivity index (χ0v) is 14.4. The number of hydrogen-bond donors (Lipinski definition) is 1. The van der Waals surface area contributed by atoms with Gasteiger partial charge in [-0.2, -0.15) is 0 Å². The predicted molar refractivity (Wildman–Crippen MR) is 96.7 cm³/mol. The van der Waals surface area contributed by atoms with Crippen LogP contribution < -0.4 is 5.32 Å². The van der Waals surface area contributed by atoms with E-state index in [0.29, 0.717) is 12.2 Å². The van der Waals surface area contributed by atoms with Gasteiger partial charge in [0.05, 0.1) is 0 Å². The molecule has 0 atom stereocenters. The average molecular weight is 369 g/mol. The molecule has 0 saturated heterocycles. The number of nitrogens with zero attached hydrogens (tertiary/aromatic N) is 1. The molecule has 1 heterocycles. The van der Waals surface area contributed by atoms with Gasteiger partial charge in [0.2, 0.25) is 0 Å². The number of pyridine rings is 1. The monoisotopic (exact) mass is 368 g/mol. The van der Waals surface area contributed by atoms with Crippen LogP contribution in [0.4, 0.5) is 0 Å². The van der Waals surface area contributed by atoms with Gasteiger partial charge in [0.25, 0.3) is 5.91 Å². The lowest BCUT2D eigenvalue weighted by Crippen LogP contribution is -2.26.